The van der Waals surface area contributed by atoms with Crippen LogP contribution in [0.4, 0.5) is 27.9 Å². The summed E-state index contributed by atoms with van der Waals surface area (Å²) in [7, 11) is 3.33. The summed E-state index contributed by atoms with van der Waals surface area (Å²) in [6.45, 7) is 3.01. The first-order chi connectivity index (χ1) is 12.0. The largest absolute Gasteiger partial charge is 0.494 e. The van der Waals surface area contributed by atoms with E-state index in [9.17, 15) is 4.39 Å². The Morgan fingerprint density at radius 1 is 1.20 bits per heavy atom. The fourth-order valence-corrected chi connectivity index (χ4v) is 2.36. The van der Waals surface area contributed by atoms with Gasteiger partial charge in [-0.25, -0.2) is 4.39 Å². The Bertz CT molecular complexity index is 697. The topological polar surface area (TPSA) is 89.2 Å². The van der Waals surface area contributed by atoms with Crippen LogP contribution in [0.3, 0.4) is 0 Å². The Labute approximate surface area is 147 Å². The van der Waals surface area contributed by atoms with Crippen LogP contribution in [0.5, 0.6) is 5.75 Å². The van der Waals surface area contributed by atoms with Crippen molar-refractivity contribution < 1.29 is 9.13 Å². The monoisotopic (exact) mass is 348 g/mol. The van der Waals surface area contributed by atoms with Gasteiger partial charge in [0.2, 0.25) is 17.8 Å². The maximum absolute atomic E-state index is 13.8. The first-order valence-electron chi connectivity index (χ1n) is 8.36. The summed E-state index contributed by atoms with van der Waals surface area (Å²) in [5, 5.41) is 2.94. The van der Waals surface area contributed by atoms with Gasteiger partial charge in [-0.1, -0.05) is 26.2 Å². The minimum atomic E-state index is -0.470. The summed E-state index contributed by atoms with van der Waals surface area (Å²) in [5.41, 5.74) is 6.28. The van der Waals surface area contributed by atoms with Crippen LogP contribution in [-0.4, -0.2) is 35.7 Å². The Kier molecular flexibility index (Phi) is 6.73. The molecule has 0 fully saturated rings. The highest BCUT2D eigenvalue weighted by molar-refractivity contribution is 5.56. The third-order valence-corrected chi connectivity index (χ3v) is 3.74. The van der Waals surface area contributed by atoms with Crippen LogP contribution in [0, 0.1) is 5.82 Å². The van der Waals surface area contributed by atoms with Crippen LogP contribution in [0.15, 0.2) is 18.2 Å². The van der Waals surface area contributed by atoms with Gasteiger partial charge in [-0.3, -0.25) is 0 Å². The number of hydrogen-bond donors (Lipinski definition) is 2. The number of aromatic nitrogens is 3. The van der Waals surface area contributed by atoms with Crippen molar-refractivity contribution in [3.63, 3.8) is 0 Å². The molecule has 2 rings (SSSR count). The predicted molar refractivity (Wildman–Crippen MR) is 97.9 cm³/mol. The number of nitrogens with two attached hydrogens (primary N) is 1. The maximum Gasteiger partial charge on any atom is 0.233 e. The van der Waals surface area contributed by atoms with Crippen molar-refractivity contribution in [3.8, 4) is 5.75 Å². The van der Waals surface area contributed by atoms with Gasteiger partial charge in [-0.15, -0.1) is 0 Å². The molecule has 0 radical (unpaired) electrons. The highest BCUT2D eigenvalue weighted by atomic mass is 19.1. The lowest BCUT2D eigenvalue weighted by molar-refractivity contribution is 0.386. The summed E-state index contributed by atoms with van der Waals surface area (Å²) >= 11 is 0. The highest BCUT2D eigenvalue weighted by Gasteiger charge is 2.10. The van der Waals surface area contributed by atoms with Crippen LogP contribution >= 0.6 is 0 Å². The quantitative estimate of drug-likeness (QED) is 0.672. The van der Waals surface area contributed by atoms with Crippen molar-refractivity contribution in [2.75, 3.05) is 36.7 Å². The molecule has 136 valence electrons. The molecule has 1 heterocycles. The molecule has 0 spiro atoms. The molecule has 8 heteroatoms. The lowest BCUT2D eigenvalue weighted by atomic mass is 10.2. The zero-order chi connectivity index (χ0) is 18.2. The molecule has 0 unspecified atom stereocenters. The molecule has 1 aromatic carbocycles. The smallest absolute Gasteiger partial charge is 0.233 e. The van der Waals surface area contributed by atoms with Gasteiger partial charge in [0, 0.05) is 25.3 Å². The van der Waals surface area contributed by atoms with Gasteiger partial charge < -0.3 is 20.7 Å². The molecular weight excluding hydrogens is 323 g/mol. The molecule has 25 heavy (non-hydrogen) atoms. The van der Waals surface area contributed by atoms with E-state index in [-0.39, 0.29) is 17.6 Å². The molecule has 3 N–H and O–H groups in total. The Hall–Kier alpha value is -2.64. The van der Waals surface area contributed by atoms with Crippen LogP contribution in [-0.2, 0) is 0 Å². The number of nitrogen functional groups attached to an aromatic ring is 1. The van der Waals surface area contributed by atoms with Gasteiger partial charge in [0.1, 0.15) is 0 Å². The number of hydrogen-bond acceptors (Lipinski definition) is 7. The molecule has 0 bridgehead atoms. The zero-order valence-corrected chi connectivity index (χ0v) is 14.9. The van der Waals surface area contributed by atoms with Gasteiger partial charge in [0.05, 0.1) is 7.11 Å². The van der Waals surface area contributed by atoms with Crippen molar-refractivity contribution in [1.82, 2.24) is 15.0 Å². The Morgan fingerprint density at radius 2 is 2.00 bits per heavy atom. The summed E-state index contributed by atoms with van der Waals surface area (Å²) in [6.07, 6.45) is 4.62. The van der Waals surface area contributed by atoms with E-state index in [1.54, 1.807) is 6.07 Å². The molecule has 7 nitrogen and oxygen atoms in total. The average molecular weight is 348 g/mol. The lowest BCUT2D eigenvalue weighted by Gasteiger charge is -2.17. The molecule has 0 aliphatic rings. The van der Waals surface area contributed by atoms with Gasteiger partial charge in [-0.2, -0.15) is 15.0 Å². The summed E-state index contributed by atoms with van der Waals surface area (Å²) in [4.78, 5) is 14.5. The van der Waals surface area contributed by atoms with Gasteiger partial charge in [0.15, 0.2) is 11.6 Å². The molecule has 0 aliphatic carbocycles. The van der Waals surface area contributed by atoms with E-state index in [1.807, 2.05) is 11.9 Å². The van der Waals surface area contributed by atoms with Gasteiger partial charge in [-0.05, 0) is 18.6 Å². The minimum Gasteiger partial charge on any atom is -0.494 e. The van der Waals surface area contributed by atoms with Crippen molar-refractivity contribution in [1.29, 1.82) is 0 Å². The summed E-state index contributed by atoms with van der Waals surface area (Å²) in [6, 6.07) is 4.52. The number of nitrogens with one attached hydrogen (secondary N) is 1. The second-order valence-electron chi connectivity index (χ2n) is 5.77. The van der Waals surface area contributed by atoms with E-state index >= 15 is 0 Å². The van der Waals surface area contributed by atoms with E-state index in [4.69, 9.17) is 10.5 Å². The molecular formula is C17H25FN6O. The van der Waals surface area contributed by atoms with Crippen LogP contribution in [0.25, 0.3) is 0 Å². The lowest BCUT2D eigenvalue weighted by Crippen LogP contribution is -2.22. The second-order valence-corrected chi connectivity index (χ2v) is 5.77. The first kappa shape index (κ1) is 18.7. The number of benzene rings is 1. The maximum atomic E-state index is 13.8. The van der Waals surface area contributed by atoms with Crippen molar-refractivity contribution >= 4 is 23.5 Å². The predicted octanol–water partition coefficient (Wildman–Crippen LogP) is 3.36. The third-order valence-electron chi connectivity index (χ3n) is 3.74. The zero-order valence-electron chi connectivity index (χ0n) is 14.9. The highest BCUT2D eigenvalue weighted by Crippen LogP contribution is 2.23. The molecule has 0 aliphatic heterocycles. The molecule has 2 aromatic rings. The number of unbranched alkanes of at least 4 members (excludes halogenated alkanes) is 3. The molecule has 0 saturated heterocycles. The number of ether oxygens (including phenoxy) is 1. The minimum absolute atomic E-state index is 0.113. The van der Waals surface area contributed by atoms with Crippen molar-refractivity contribution in [2.45, 2.75) is 32.6 Å². The number of methoxy groups -OCH3 is 1. The van der Waals surface area contributed by atoms with E-state index in [1.165, 1.54) is 32.1 Å². The first-order valence-corrected chi connectivity index (χ1v) is 8.36. The molecule has 0 amide bonds. The number of halogens is 1. The SMILES string of the molecule is CCCCCCN(C)c1nc(N)nc(Nc2ccc(OC)c(F)c2)n1. The Balaban J connectivity index is 2.08. The standard InChI is InChI=1S/C17H25FN6O/c1-4-5-6-7-10-24(2)17-22-15(19)21-16(23-17)20-12-8-9-14(25-3)13(18)11-12/h8-9,11H,4-7,10H2,1-3H3,(H3,19,20,21,22,23). The van der Waals surface area contributed by atoms with Crippen LogP contribution in [0.1, 0.15) is 32.6 Å². The number of rotatable bonds is 9. The number of anilines is 4. The van der Waals surface area contributed by atoms with Crippen molar-refractivity contribution in [2.24, 2.45) is 0 Å². The van der Waals surface area contributed by atoms with Gasteiger partial charge >= 0.3 is 0 Å². The third kappa shape index (κ3) is 5.44. The average Bonchev–Trinajstić information content (AvgIpc) is 2.58. The van der Waals surface area contributed by atoms with Crippen LogP contribution in [0.2, 0.25) is 0 Å². The normalized spacial score (nSPS) is 10.6. The van der Waals surface area contributed by atoms with Crippen LogP contribution < -0.4 is 20.7 Å². The molecule has 0 atom stereocenters. The molecule has 1 aromatic heterocycles. The van der Waals surface area contributed by atoms with Crippen molar-refractivity contribution in [3.05, 3.63) is 24.0 Å². The van der Waals surface area contributed by atoms with E-state index in [0.717, 1.165) is 19.4 Å². The number of nitrogens with zero attached hydrogens (tertiary/aromatic N) is 4. The Morgan fingerprint density at radius 3 is 2.68 bits per heavy atom. The fourth-order valence-electron chi connectivity index (χ4n) is 2.36. The summed E-state index contributed by atoms with van der Waals surface area (Å²) in [5.74, 6) is 0.575. The van der Waals surface area contributed by atoms with Gasteiger partial charge in [0.25, 0.3) is 0 Å². The van der Waals surface area contributed by atoms with E-state index < -0.39 is 5.82 Å². The summed E-state index contributed by atoms with van der Waals surface area (Å²) < 4.78 is 18.7. The second kappa shape index (κ2) is 9.00. The molecule has 0 saturated carbocycles. The fraction of sp³-hybridized carbons (Fsp3) is 0.471. The van der Waals surface area contributed by atoms with E-state index in [2.05, 4.69) is 27.2 Å². The van der Waals surface area contributed by atoms with E-state index in [0.29, 0.717) is 11.6 Å².